The van der Waals surface area contributed by atoms with Gasteiger partial charge in [0.1, 0.15) is 0 Å². The van der Waals surface area contributed by atoms with Gasteiger partial charge in [0.05, 0.1) is 26.4 Å². The first-order valence-electron chi connectivity index (χ1n) is 8.46. The Bertz CT molecular complexity index is 475. The van der Waals surface area contributed by atoms with Crippen molar-refractivity contribution in [3.8, 4) is 5.88 Å². The van der Waals surface area contributed by atoms with Crippen LogP contribution in [0.25, 0.3) is 0 Å². The predicted octanol–water partition coefficient (Wildman–Crippen LogP) is 2.21. The monoisotopic (exact) mass is 466 g/mol. The van der Waals surface area contributed by atoms with E-state index in [9.17, 15) is 0 Å². The number of aliphatic imine (C=N–C) groups is 1. The highest BCUT2D eigenvalue weighted by Crippen LogP contribution is 2.10. The molecule has 0 saturated carbocycles. The van der Waals surface area contributed by atoms with Crippen molar-refractivity contribution in [2.45, 2.75) is 26.8 Å². The Hall–Kier alpha value is -1.13. The Morgan fingerprint density at radius 3 is 2.76 bits per heavy atom. The minimum Gasteiger partial charge on any atom is -0.478 e. The van der Waals surface area contributed by atoms with Gasteiger partial charge in [-0.3, -0.25) is 0 Å². The molecular formula is C17H31IN4O3. The fraction of sp³-hybridized carbons (Fsp3) is 0.647. The fourth-order valence-corrected chi connectivity index (χ4v) is 1.91. The molecule has 0 unspecified atom stereocenters. The summed E-state index contributed by atoms with van der Waals surface area (Å²) in [6, 6.07) is 3.86. The van der Waals surface area contributed by atoms with Crippen LogP contribution in [0.2, 0.25) is 0 Å². The first-order chi connectivity index (χ1) is 11.8. The van der Waals surface area contributed by atoms with Crippen molar-refractivity contribution in [3.05, 3.63) is 23.9 Å². The zero-order valence-corrected chi connectivity index (χ0v) is 17.7. The van der Waals surface area contributed by atoms with Crippen molar-refractivity contribution in [1.29, 1.82) is 0 Å². The van der Waals surface area contributed by atoms with Crippen LogP contribution in [0.5, 0.6) is 5.88 Å². The number of ether oxygens (including phenoxy) is 3. The van der Waals surface area contributed by atoms with Crippen LogP contribution in [0.4, 0.5) is 0 Å². The average molecular weight is 466 g/mol. The van der Waals surface area contributed by atoms with Gasteiger partial charge >= 0.3 is 0 Å². The number of hydrogen-bond acceptors (Lipinski definition) is 5. The minimum absolute atomic E-state index is 0. The van der Waals surface area contributed by atoms with E-state index in [0.717, 1.165) is 31.0 Å². The molecule has 25 heavy (non-hydrogen) atoms. The van der Waals surface area contributed by atoms with Gasteiger partial charge < -0.3 is 24.8 Å². The summed E-state index contributed by atoms with van der Waals surface area (Å²) in [5.41, 5.74) is 1.06. The van der Waals surface area contributed by atoms with E-state index in [1.807, 2.05) is 26.0 Å². The Kier molecular flexibility index (Phi) is 15.6. The van der Waals surface area contributed by atoms with Gasteiger partial charge in [0, 0.05) is 39.1 Å². The number of aromatic nitrogens is 1. The Balaban J connectivity index is 0.00000576. The Morgan fingerprint density at radius 1 is 1.20 bits per heavy atom. The van der Waals surface area contributed by atoms with Gasteiger partial charge in [-0.05, 0) is 31.9 Å². The van der Waals surface area contributed by atoms with Crippen molar-refractivity contribution in [2.24, 2.45) is 4.99 Å². The van der Waals surface area contributed by atoms with E-state index in [0.29, 0.717) is 38.9 Å². The van der Waals surface area contributed by atoms with Crippen molar-refractivity contribution in [3.63, 3.8) is 0 Å². The topological polar surface area (TPSA) is 77.0 Å². The van der Waals surface area contributed by atoms with Crippen LogP contribution in [0.3, 0.4) is 0 Å². The van der Waals surface area contributed by atoms with Crippen LogP contribution in [0.1, 0.15) is 25.8 Å². The highest BCUT2D eigenvalue weighted by molar-refractivity contribution is 14.0. The molecule has 0 aliphatic heterocycles. The third-order valence-corrected chi connectivity index (χ3v) is 3.05. The Labute approximate surface area is 168 Å². The first-order valence-corrected chi connectivity index (χ1v) is 8.46. The van der Waals surface area contributed by atoms with Crippen molar-refractivity contribution < 1.29 is 14.2 Å². The van der Waals surface area contributed by atoms with Gasteiger partial charge in [-0.15, -0.1) is 24.0 Å². The molecule has 0 aliphatic carbocycles. The standard InChI is InChI=1S/C17H30N4O3.HI/c1-4-18-17(20-8-6-10-23-12-11-22-3)21-14-15-7-9-19-16(13-15)24-5-2;/h7,9,13H,4-6,8,10-12,14H2,1-3H3,(H2,18,20,21);1H. The number of rotatable bonds is 12. The fourth-order valence-electron chi connectivity index (χ4n) is 1.91. The number of halogens is 1. The minimum atomic E-state index is 0. The number of pyridine rings is 1. The third kappa shape index (κ3) is 12.0. The molecule has 0 saturated heterocycles. The molecular weight excluding hydrogens is 435 g/mol. The van der Waals surface area contributed by atoms with Crippen LogP contribution in [-0.2, 0) is 16.0 Å². The van der Waals surface area contributed by atoms with Crippen LogP contribution in [0, 0.1) is 0 Å². The zero-order valence-electron chi connectivity index (χ0n) is 15.4. The lowest BCUT2D eigenvalue weighted by atomic mass is 10.3. The second kappa shape index (κ2) is 16.3. The summed E-state index contributed by atoms with van der Waals surface area (Å²) in [5.74, 6) is 1.43. The molecule has 0 fully saturated rings. The lowest BCUT2D eigenvalue weighted by Crippen LogP contribution is -2.38. The third-order valence-electron chi connectivity index (χ3n) is 3.05. The molecule has 0 aromatic carbocycles. The molecule has 0 radical (unpaired) electrons. The van der Waals surface area contributed by atoms with E-state index in [1.165, 1.54) is 0 Å². The summed E-state index contributed by atoms with van der Waals surface area (Å²) in [6.45, 7) is 8.76. The molecule has 144 valence electrons. The molecule has 0 spiro atoms. The maximum Gasteiger partial charge on any atom is 0.213 e. The number of nitrogens with one attached hydrogen (secondary N) is 2. The molecule has 1 aromatic rings. The molecule has 0 atom stereocenters. The average Bonchev–Trinajstić information content (AvgIpc) is 2.59. The van der Waals surface area contributed by atoms with Gasteiger partial charge in [0.25, 0.3) is 0 Å². The molecule has 7 nitrogen and oxygen atoms in total. The van der Waals surface area contributed by atoms with E-state index in [4.69, 9.17) is 14.2 Å². The van der Waals surface area contributed by atoms with E-state index < -0.39 is 0 Å². The molecule has 1 rings (SSSR count). The summed E-state index contributed by atoms with van der Waals surface area (Å²) in [7, 11) is 1.67. The first kappa shape index (κ1) is 23.9. The molecule has 0 bridgehead atoms. The van der Waals surface area contributed by atoms with Gasteiger partial charge in [0.2, 0.25) is 5.88 Å². The summed E-state index contributed by atoms with van der Waals surface area (Å²) >= 11 is 0. The smallest absolute Gasteiger partial charge is 0.213 e. The molecule has 0 aliphatic rings. The predicted molar refractivity (Wildman–Crippen MR) is 111 cm³/mol. The normalized spacial score (nSPS) is 10.9. The van der Waals surface area contributed by atoms with E-state index in [2.05, 4.69) is 20.6 Å². The van der Waals surface area contributed by atoms with Crippen molar-refractivity contribution in [1.82, 2.24) is 15.6 Å². The number of guanidine groups is 1. The summed E-state index contributed by atoms with van der Waals surface area (Å²) in [6.07, 6.45) is 2.66. The van der Waals surface area contributed by atoms with Crippen LogP contribution < -0.4 is 15.4 Å². The Morgan fingerprint density at radius 2 is 2.04 bits per heavy atom. The number of methoxy groups -OCH3 is 1. The maximum atomic E-state index is 5.44. The SMILES string of the molecule is CCNC(=NCc1ccnc(OCC)c1)NCCCOCCOC.I. The second-order valence-corrected chi connectivity index (χ2v) is 5.02. The van der Waals surface area contributed by atoms with Gasteiger partial charge in [0.15, 0.2) is 5.96 Å². The van der Waals surface area contributed by atoms with Gasteiger partial charge in [-0.25, -0.2) is 9.98 Å². The van der Waals surface area contributed by atoms with Gasteiger partial charge in [-0.2, -0.15) is 0 Å². The van der Waals surface area contributed by atoms with Crippen LogP contribution in [0.15, 0.2) is 23.3 Å². The summed E-state index contributed by atoms with van der Waals surface area (Å²) < 4.78 is 15.8. The molecule has 1 heterocycles. The number of hydrogen-bond donors (Lipinski definition) is 2. The summed E-state index contributed by atoms with van der Waals surface area (Å²) in [5, 5.41) is 6.54. The lowest BCUT2D eigenvalue weighted by molar-refractivity contribution is 0.0698. The zero-order chi connectivity index (χ0) is 17.5. The highest BCUT2D eigenvalue weighted by Gasteiger charge is 2.00. The van der Waals surface area contributed by atoms with Crippen molar-refractivity contribution in [2.75, 3.05) is 46.6 Å². The lowest BCUT2D eigenvalue weighted by Gasteiger charge is -2.11. The maximum absolute atomic E-state index is 5.44. The highest BCUT2D eigenvalue weighted by atomic mass is 127. The van der Waals surface area contributed by atoms with Crippen molar-refractivity contribution >= 4 is 29.9 Å². The molecule has 0 amide bonds. The van der Waals surface area contributed by atoms with E-state index >= 15 is 0 Å². The number of nitrogens with zero attached hydrogens (tertiary/aromatic N) is 2. The molecule has 1 aromatic heterocycles. The second-order valence-electron chi connectivity index (χ2n) is 5.02. The van der Waals surface area contributed by atoms with Gasteiger partial charge in [-0.1, -0.05) is 0 Å². The van der Waals surface area contributed by atoms with E-state index in [-0.39, 0.29) is 24.0 Å². The van der Waals surface area contributed by atoms with Crippen LogP contribution >= 0.6 is 24.0 Å². The summed E-state index contributed by atoms with van der Waals surface area (Å²) in [4.78, 5) is 8.74. The van der Waals surface area contributed by atoms with Crippen LogP contribution in [-0.4, -0.2) is 57.6 Å². The molecule has 8 heteroatoms. The molecule has 2 N–H and O–H groups in total. The van der Waals surface area contributed by atoms with E-state index in [1.54, 1.807) is 13.3 Å². The quantitative estimate of drug-likeness (QED) is 0.213. The largest absolute Gasteiger partial charge is 0.478 e.